The smallest absolute Gasteiger partial charge is 0.245 e. The quantitative estimate of drug-likeness (QED) is 0.660. The minimum atomic E-state index is -0.0853. The normalized spacial score (nSPS) is 18.3. The van der Waals surface area contributed by atoms with Gasteiger partial charge in [0.2, 0.25) is 5.91 Å². The lowest BCUT2D eigenvalue weighted by Gasteiger charge is -2.19. The van der Waals surface area contributed by atoms with Gasteiger partial charge in [-0.25, -0.2) is 0 Å². The highest BCUT2D eigenvalue weighted by Crippen LogP contribution is 2.30. The van der Waals surface area contributed by atoms with Crippen molar-refractivity contribution in [1.82, 2.24) is 15.2 Å². The van der Waals surface area contributed by atoms with Gasteiger partial charge in [0.05, 0.1) is 6.61 Å². The highest BCUT2D eigenvalue weighted by atomic mass is 16.5. The van der Waals surface area contributed by atoms with Crippen LogP contribution in [0.3, 0.4) is 0 Å². The van der Waals surface area contributed by atoms with E-state index in [0.717, 1.165) is 19.4 Å². The van der Waals surface area contributed by atoms with Crippen LogP contribution in [0.5, 0.6) is 0 Å². The van der Waals surface area contributed by atoms with Crippen molar-refractivity contribution in [2.24, 2.45) is 5.73 Å². The van der Waals surface area contributed by atoms with E-state index in [-0.39, 0.29) is 12.5 Å². The summed E-state index contributed by atoms with van der Waals surface area (Å²) in [7, 11) is 2.17. The molecule has 0 bridgehead atoms. The van der Waals surface area contributed by atoms with Crippen molar-refractivity contribution in [3.63, 3.8) is 0 Å². The van der Waals surface area contributed by atoms with Crippen LogP contribution in [0, 0.1) is 0 Å². The lowest BCUT2D eigenvalue weighted by atomic mass is 10.0. The first-order valence-electron chi connectivity index (χ1n) is 8.39. The van der Waals surface area contributed by atoms with Gasteiger partial charge in [-0.3, -0.25) is 14.7 Å². The van der Waals surface area contributed by atoms with Gasteiger partial charge in [0, 0.05) is 31.5 Å². The molecule has 0 spiro atoms. The molecule has 6 nitrogen and oxygen atoms in total. The summed E-state index contributed by atoms with van der Waals surface area (Å²) in [5.41, 5.74) is 7.84. The monoisotopic (exact) mass is 320 g/mol. The van der Waals surface area contributed by atoms with E-state index in [1.807, 2.05) is 12.4 Å². The fourth-order valence-electron chi connectivity index (χ4n) is 2.98. The Bertz CT molecular complexity index is 495. The molecule has 1 fully saturated rings. The van der Waals surface area contributed by atoms with Gasteiger partial charge in [0.1, 0.15) is 6.61 Å². The maximum absolute atomic E-state index is 11.5. The number of nitrogens with zero attached hydrogens (tertiary/aromatic N) is 2. The van der Waals surface area contributed by atoms with E-state index in [0.29, 0.717) is 25.7 Å². The van der Waals surface area contributed by atoms with Crippen LogP contribution in [0.4, 0.5) is 0 Å². The van der Waals surface area contributed by atoms with Crippen molar-refractivity contribution < 1.29 is 9.53 Å². The Morgan fingerprint density at radius 3 is 3.13 bits per heavy atom. The van der Waals surface area contributed by atoms with Crippen LogP contribution in [-0.2, 0) is 16.0 Å². The van der Waals surface area contributed by atoms with Gasteiger partial charge < -0.3 is 15.8 Å². The summed E-state index contributed by atoms with van der Waals surface area (Å²) in [6.07, 6.45) is 8.18. The maximum atomic E-state index is 11.5. The molecule has 0 aliphatic carbocycles. The molecule has 0 aromatic carbocycles. The van der Waals surface area contributed by atoms with Crippen molar-refractivity contribution in [1.29, 1.82) is 0 Å². The average molecular weight is 320 g/mol. The van der Waals surface area contributed by atoms with E-state index in [4.69, 9.17) is 10.5 Å². The number of ether oxygens (including phenoxy) is 1. The first-order valence-corrected chi connectivity index (χ1v) is 8.39. The second kappa shape index (κ2) is 9.60. The third-order valence-electron chi connectivity index (χ3n) is 4.18. The fraction of sp³-hybridized carbons (Fsp3) is 0.647. The van der Waals surface area contributed by atoms with Crippen LogP contribution in [0.15, 0.2) is 18.5 Å². The second-order valence-electron chi connectivity index (χ2n) is 6.06. The minimum absolute atomic E-state index is 0.0853. The van der Waals surface area contributed by atoms with Crippen molar-refractivity contribution in [2.45, 2.75) is 31.7 Å². The van der Waals surface area contributed by atoms with Gasteiger partial charge in [0.25, 0.3) is 0 Å². The molecule has 0 radical (unpaired) electrons. The number of nitrogens with two attached hydrogens (primary N) is 1. The molecule has 0 saturated carbocycles. The number of likely N-dealkylation sites (tertiary alicyclic amines) is 1. The van der Waals surface area contributed by atoms with Gasteiger partial charge in [0.15, 0.2) is 0 Å². The lowest BCUT2D eigenvalue weighted by molar-refractivity contribution is -0.125. The van der Waals surface area contributed by atoms with E-state index >= 15 is 0 Å². The lowest BCUT2D eigenvalue weighted by Crippen LogP contribution is -2.29. The topological polar surface area (TPSA) is 80.5 Å². The number of rotatable bonds is 9. The molecule has 128 valence electrons. The van der Waals surface area contributed by atoms with Gasteiger partial charge in [-0.2, -0.15) is 0 Å². The molecule has 2 rings (SSSR count). The number of carbonyl (C=O) groups is 1. The zero-order valence-corrected chi connectivity index (χ0v) is 14.0. The zero-order valence-electron chi connectivity index (χ0n) is 14.0. The van der Waals surface area contributed by atoms with Crippen molar-refractivity contribution in [2.75, 3.05) is 39.9 Å². The SMILES string of the molecule is CN1CCCC1c1cncc(CCCNC(=O)COCCN)c1. The summed E-state index contributed by atoms with van der Waals surface area (Å²) < 4.78 is 5.09. The first kappa shape index (κ1) is 17.8. The summed E-state index contributed by atoms with van der Waals surface area (Å²) in [4.78, 5) is 18.3. The molecule has 1 saturated heterocycles. The van der Waals surface area contributed by atoms with Crippen LogP contribution < -0.4 is 11.1 Å². The molecule has 1 unspecified atom stereocenters. The molecule has 1 aliphatic rings. The van der Waals surface area contributed by atoms with E-state index in [2.05, 4.69) is 28.3 Å². The van der Waals surface area contributed by atoms with E-state index in [1.54, 1.807) is 0 Å². The van der Waals surface area contributed by atoms with Gasteiger partial charge in [-0.1, -0.05) is 6.07 Å². The first-order chi connectivity index (χ1) is 11.2. The predicted octanol–water partition coefficient (Wildman–Crippen LogP) is 0.872. The molecular formula is C17H28N4O2. The number of nitrogens with one attached hydrogen (secondary N) is 1. The van der Waals surface area contributed by atoms with Crippen molar-refractivity contribution in [3.05, 3.63) is 29.6 Å². The Labute approximate surface area is 138 Å². The summed E-state index contributed by atoms with van der Waals surface area (Å²) in [5.74, 6) is -0.0853. The Morgan fingerprint density at radius 1 is 1.52 bits per heavy atom. The number of hydrogen-bond acceptors (Lipinski definition) is 5. The third kappa shape index (κ3) is 5.89. The Kier molecular flexibility index (Phi) is 7.45. The number of carbonyl (C=O) groups excluding carboxylic acids is 1. The highest BCUT2D eigenvalue weighted by molar-refractivity contribution is 5.77. The molecule has 1 aliphatic heterocycles. The summed E-state index contributed by atoms with van der Waals surface area (Å²) in [6.45, 7) is 2.75. The minimum Gasteiger partial charge on any atom is -0.370 e. The number of aromatic nitrogens is 1. The molecule has 6 heteroatoms. The van der Waals surface area contributed by atoms with E-state index in [9.17, 15) is 4.79 Å². The predicted molar refractivity (Wildman–Crippen MR) is 90.0 cm³/mol. The van der Waals surface area contributed by atoms with Crippen molar-refractivity contribution in [3.8, 4) is 0 Å². The average Bonchev–Trinajstić information content (AvgIpc) is 2.98. The molecule has 1 amide bonds. The molecule has 1 aromatic rings. The third-order valence-corrected chi connectivity index (χ3v) is 4.18. The molecule has 1 aromatic heterocycles. The van der Waals surface area contributed by atoms with Gasteiger partial charge in [-0.05, 0) is 50.4 Å². The molecule has 23 heavy (non-hydrogen) atoms. The summed E-state index contributed by atoms with van der Waals surface area (Å²) in [5, 5.41) is 2.86. The zero-order chi connectivity index (χ0) is 16.5. The largest absolute Gasteiger partial charge is 0.370 e. The number of amides is 1. The van der Waals surface area contributed by atoms with Crippen LogP contribution >= 0.6 is 0 Å². The number of hydrogen-bond donors (Lipinski definition) is 2. The van der Waals surface area contributed by atoms with Gasteiger partial charge >= 0.3 is 0 Å². The molecule has 2 heterocycles. The Hall–Kier alpha value is -1.50. The second-order valence-corrected chi connectivity index (χ2v) is 6.06. The van der Waals surface area contributed by atoms with Crippen LogP contribution in [0.2, 0.25) is 0 Å². The molecule has 3 N–H and O–H groups in total. The van der Waals surface area contributed by atoms with E-state index in [1.165, 1.54) is 24.0 Å². The summed E-state index contributed by atoms with van der Waals surface area (Å²) >= 11 is 0. The molecule has 1 atom stereocenters. The standard InChI is InChI=1S/C17H28N4O2/c1-21-8-3-5-16(21)15-10-14(11-19-12-15)4-2-7-20-17(22)13-23-9-6-18/h10-12,16H,2-9,13,18H2,1H3,(H,20,22). The maximum Gasteiger partial charge on any atom is 0.245 e. The Balaban J connectivity index is 1.70. The van der Waals surface area contributed by atoms with Crippen LogP contribution in [0.25, 0.3) is 0 Å². The van der Waals surface area contributed by atoms with Crippen LogP contribution in [0.1, 0.15) is 36.4 Å². The van der Waals surface area contributed by atoms with Gasteiger partial charge in [-0.15, -0.1) is 0 Å². The summed E-state index contributed by atoms with van der Waals surface area (Å²) in [6, 6.07) is 2.76. The number of aryl methyl sites for hydroxylation is 1. The highest BCUT2D eigenvalue weighted by Gasteiger charge is 2.22. The Morgan fingerprint density at radius 2 is 2.39 bits per heavy atom. The molecular weight excluding hydrogens is 292 g/mol. The fourth-order valence-corrected chi connectivity index (χ4v) is 2.98. The van der Waals surface area contributed by atoms with Crippen molar-refractivity contribution >= 4 is 5.91 Å². The number of pyridine rings is 1. The van der Waals surface area contributed by atoms with E-state index < -0.39 is 0 Å². The van der Waals surface area contributed by atoms with Crippen LogP contribution in [-0.4, -0.2) is 55.7 Å².